The van der Waals surface area contributed by atoms with Crippen molar-refractivity contribution in [1.82, 2.24) is 5.32 Å². The van der Waals surface area contributed by atoms with Gasteiger partial charge in [0.2, 0.25) is 0 Å². The van der Waals surface area contributed by atoms with Crippen LogP contribution in [-0.4, -0.2) is 5.24 Å². The molecule has 12 heavy (non-hydrogen) atoms. The molecule has 0 aromatic heterocycles. The van der Waals surface area contributed by atoms with Crippen LogP contribution in [0, 0.1) is 0 Å². The van der Waals surface area contributed by atoms with Crippen molar-refractivity contribution in [3.63, 3.8) is 0 Å². The Morgan fingerprint density at radius 1 is 1.33 bits per heavy atom. The van der Waals surface area contributed by atoms with Gasteiger partial charge in [-0.05, 0) is 17.7 Å². The zero-order valence-corrected chi connectivity index (χ0v) is 6.88. The van der Waals surface area contributed by atoms with Crippen molar-refractivity contribution in [1.29, 1.82) is 0 Å². The van der Waals surface area contributed by atoms with Gasteiger partial charge in [-0.1, -0.05) is 18.2 Å². The summed E-state index contributed by atoms with van der Waals surface area (Å²) >= 11 is 5.34. The van der Waals surface area contributed by atoms with Crippen molar-refractivity contribution in [3.8, 4) is 0 Å². The van der Waals surface area contributed by atoms with E-state index in [-0.39, 0.29) is 0 Å². The molecule has 0 amide bonds. The lowest BCUT2D eigenvalue weighted by molar-refractivity contribution is -0.106. The quantitative estimate of drug-likeness (QED) is 0.606. The van der Waals surface area contributed by atoms with Gasteiger partial charge in [-0.3, -0.25) is 10.1 Å². The molecule has 1 radical (unpaired) electrons. The van der Waals surface area contributed by atoms with Gasteiger partial charge in [-0.15, -0.1) is 0 Å². The molecule has 0 bridgehead atoms. The number of nitrogens with zero attached hydrogens (tertiary/aromatic N) is 1. The van der Waals surface area contributed by atoms with Crippen molar-refractivity contribution in [3.05, 3.63) is 36.0 Å². The molecule has 1 aromatic rings. The van der Waals surface area contributed by atoms with E-state index in [1.54, 1.807) is 0 Å². The highest BCUT2D eigenvalue weighted by Crippen LogP contribution is 2.30. The smallest absolute Gasteiger partial charge is 0.254 e. The second-order valence-electron chi connectivity index (χ2n) is 2.46. The van der Waals surface area contributed by atoms with Crippen LogP contribution in [0.5, 0.6) is 0 Å². The maximum absolute atomic E-state index is 10.8. The number of carbonyl (C=O) groups is 1. The molecule has 0 spiro atoms. The van der Waals surface area contributed by atoms with Crippen molar-refractivity contribution in [2.75, 3.05) is 0 Å². The van der Waals surface area contributed by atoms with E-state index < -0.39 is 5.24 Å². The van der Waals surface area contributed by atoms with Crippen LogP contribution < -0.4 is 5.32 Å². The van der Waals surface area contributed by atoms with Gasteiger partial charge in [0.05, 0.1) is 11.3 Å². The summed E-state index contributed by atoms with van der Waals surface area (Å²) in [4.78, 5) is 10.8. The maximum Gasteiger partial charge on any atom is 0.254 e. The molecule has 0 saturated heterocycles. The lowest BCUT2D eigenvalue weighted by atomic mass is 10.1. The van der Waals surface area contributed by atoms with Gasteiger partial charge >= 0.3 is 0 Å². The molecule has 1 heterocycles. The van der Waals surface area contributed by atoms with E-state index in [9.17, 15) is 4.79 Å². The lowest BCUT2D eigenvalue weighted by Crippen LogP contribution is -1.88. The van der Waals surface area contributed by atoms with E-state index in [1.165, 1.54) is 6.20 Å². The number of benzene rings is 1. The van der Waals surface area contributed by atoms with Gasteiger partial charge in [0, 0.05) is 11.8 Å². The number of rotatable bonds is 1. The fourth-order valence-electron chi connectivity index (χ4n) is 1.17. The highest BCUT2D eigenvalue weighted by Gasteiger charge is 2.18. The molecule has 1 aromatic carbocycles. The molecule has 2 nitrogen and oxygen atoms in total. The van der Waals surface area contributed by atoms with E-state index in [4.69, 9.17) is 11.6 Å². The van der Waals surface area contributed by atoms with E-state index in [2.05, 4.69) is 5.32 Å². The van der Waals surface area contributed by atoms with Crippen LogP contribution in [-0.2, 0) is 4.79 Å². The summed E-state index contributed by atoms with van der Waals surface area (Å²) in [6.45, 7) is 0. The van der Waals surface area contributed by atoms with Crippen molar-refractivity contribution < 1.29 is 4.79 Å². The monoisotopic (exact) mass is 178 g/mol. The number of hydrogen-bond acceptors (Lipinski definition) is 1. The molecule has 1 aliphatic rings. The molecule has 0 atom stereocenters. The third-order valence-corrected chi connectivity index (χ3v) is 1.94. The molecule has 0 saturated carbocycles. The largest absolute Gasteiger partial charge is 0.276 e. The number of para-hydroxylation sites is 1. The molecule has 0 fully saturated rings. The summed E-state index contributed by atoms with van der Waals surface area (Å²) < 4.78 is 0. The fraction of sp³-hybridized carbons (Fsp3) is 0. The SMILES string of the molecule is O=C(Cl)C1=C[N]c2ccccc21. The first-order chi connectivity index (χ1) is 5.79. The molecule has 59 valence electrons. The van der Waals surface area contributed by atoms with E-state index >= 15 is 0 Å². The number of allylic oxidation sites excluding steroid dienone is 1. The lowest BCUT2D eigenvalue weighted by Gasteiger charge is -1.96. The maximum atomic E-state index is 10.8. The predicted molar refractivity (Wildman–Crippen MR) is 47.1 cm³/mol. The summed E-state index contributed by atoms with van der Waals surface area (Å²) in [5.41, 5.74) is 2.10. The van der Waals surface area contributed by atoms with Gasteiger partial charge in [0.1, 0.15) is 0 Å². The Kier molecular flexibility index (Phi) is 1.62. The number of hydrogen-bond donors (Lipinski definition) is 0. The Bertz CT molecular complexity index is 371. The summed E-state index contributed by atoms with van der Waals surface area (Å²) in [6.07, 6.45) is 1.50. The summed E-state index contributed by atoms with van der Waals surface area (Å²) in [5, 5.41) is 3.58. The molecule has 0 aliphatic carbocycles. The number of fused-ring (bicyclic) bond motifs is 1. The van der Waals surface area contributed by atoms with Crippen LogP contribution in [0.25, 0.3) is 5.57 Å². The molecule has 0 N–H and O–H groups in total. The molecule has 3 heteroatoms. The minimum atomic E-state index is -0.455. The summed E-state index contributed by atoms with van der Waals surface area (Å²) in [7, 11) is 0. The van der Waals surface area contributed by atoms with Crippen LogP contribution in [0.2, 0.25) is 0 Å². The first-order valence-corrected chi connectivity index (χ1v) is 3.87. The standard InChI is InChI=1S/C9H5ClNO/c10-9(12)7-5-11-8-4-2-1-3-6(7)8/h1-5H. The zero-order valence-electron chi connectivity index (χ0n) is 6.12. The van der Waals surface area contributed by atoms with Gasteiger partial charge in [0.15, 0.2) is 0 Å². The molecule has 1 aliphatic heterocycles. The van der Waals surface area contributed by atoms with Crippen LogP contribution >= 0.6 is 11.6 Å². The zero-order chi connectivity index (χ0) is 8.55. The highest BCUT2D eigenvalue weighted by molar-refractivity contribution is 6.74. The van der Waals surface area contributed by atoms with E-state index in [0.29, 0.717) is 5.57 Å². The molecule has 2 rings (SSSR count). The molecular formula is C9H5ClNO. The minimum absolute atomic E-state index is 0.455. The van der Waals surface area contributed by atoms with Crippen molar-refractivity contribution in [2.45, 2.75) is 0 Å². The average molecular weight is 179 g/mol. The van der Waals surface area contributed by atoms with E-state index in [0.717, 1.165) is 11.3 Å². The fourth-order valence-corrected chi connectivity index (χ4v) is 1.32. The third-order valence-electron chi connectivity index (χ3n) is 1.74. The normalized spacial score (nSPS) is 13.2. The third kappa shape index (κ3) is 1.01. The predicted octanol–water partition coefficient (Wildman–Crippen LogP) is 2.04. The Balaban J connectivity index is 2.52. The Labute approximate surface area is 74.8 Å². The highest BCUT2D eigenvalue weighted by atomic mass is 35.5. The van der Waals surface area contributed by atoms with Crippen molar-refractivity contribution >= 4 is 28.1 Å². The van der Waals surface area contributed by atoms with Gasteiger partial charge in [-0.2, -0.15) is 0 Å². The Morgan fingerprint density at radius 3 is 2.83 bits per heavy atom. The molecule has 0 unspecified atom stereocenters. The molecular weight excluding hydrogens is 174 g/mol. The van der Waals surface area contributed by atoms with Gasteiger partial charge < -0.3 is 0 Å². The van der Waals surface area contributed by atoms with Gasteiger partial charge in [0.25, 0.3) is 5.24 Å². The van der Waals surface area contributed by atoms with Gasteiger partial charge in [-0.25, -0.2) is 0 Å². The second-order valence-corrected chi connectivity index (χ2v) is 2.81. The summed E-state index contributed by atoms with van der Waals surface area (Å²) in [5.74, 6) is 0. The number of halogens is 1. The first kappa shape index (κ1) is 7.37. The second kappa shape index (κ2) is 2.64. The van der Waals surface area contributed by atoms with E-state index in [1.807, 2.05) is 24.3 Å². The van der Waals surface area contributed by atoms with Crippen LogP contribution in [0.1, 0.15) is 5.56 Å². The summed E-state index contributed by atoms with van der Waals surface area (Å²) in [6, 6.07) is 7.40. The first-order valence-electron chi connectivity index (χ1n) is 3.49. The Morgan fingerprint density at radius 2 is 2.08 bits per heavy atom. The topological polar surface area (TPSA) is 31.2 Å². The Hall–Kier alpha value is -1.28. The van der Waals surface area contributed by atoms with Crippen LogP contribution in [0.15, 0.2) is 30.5 Å². The number of carbonyl (C=O) groups excluding carboxylic acids is 1. The van der Waals surface area contributed by atoms with Crippen LogP contribution in [0.3, 0.4) is 0 Å². The van der Waals surface area contributed by atoms with Crippen molar-refractivity contribution in [2.24, 2.45) is 0 Å². The average Bonchev–Trinajstić information content (AvgIpc) is 2.47. The van der Waals surface area contributed by atoms with Crippen LogP contribution in [0.4, 0.5) is 5.69 Å². The minimum Gasteiger partial charge on any atom is -0.276 e.